The lowest BCUT2D eigenvalue weighted by atomic mass is 11.2. The Kier molecular flexibility index (Phi) is 12.4. The number of ether oxygens (including phenoxy) is 1. The Morgan fingerprint density at radius 1 is 1.33 bits per heavy atom. The van der Waals surface area contributed by atoms with Crippen LogP contribution in [0, 0.1) is 0 Å². The van der Waals surface area contributed by atoms with Crippen molar-refractivity contribution in [3.05, 3.63) is 0 Å². The molecule has 0 aliphatic carbocycles. The maximum Gasteiger partial charge on any atom is 0.509 e. The average molecular weight is 142 g/mol. The molecule has 0 spiro atoms. The highest BCUT2D eigenvalue weighted by Crippen LogP contribution is 1.78. The SMILES string of the molecule is N.N.O=C(O)OC(O)O. The minimum absolute atomic E-state index is 0. The molecule has 0 aromatic rings. The molecule has 58 valence electrons. The van der Waals surface area contributed by atoms with Gasteiger partial charge in [-0.1, -0.05) is 0 Å². The summed E-state index contributed by atoms with van der Waals surface area (Å²) in [6.07, 6.45) is -1.71. The highest BCUT2D eigenvalue weighted by Gasteiger charge is 2.00. The zero-order valence-electron chi connectivity index (χ0n) is 4.65. The summed E-state index contributed by atoms with van der Waals surface area (Å²) in [4.78, 5) is 9.27. The molecule has 0 atom stereocenters. The zero-order chi connectivity index (χ0) is 5.86. The predicted octanol–water partition coefficient (Wildman–Crippen LogP) is -0.727. The van der Waals surface area contributed by atoms with Crippen LogP contribution in [0.15, 0.2) is 0 Å². The van der Waals surface area contributed by atoms with E-state index in [0.29, 0.717) is 0 Å². The Bertz CT molecular complexity index is 73.4. The molecular formula is C2H10N2O5. The van der Waals surface area contributed by atoms with Gasteiger partial charge in [0, 0.05) is 0 Å². The second-order valence-electron chi connectivity index (χ2n) is 0.710. The van der Waals surface area contributed by atoms with Gasteiger partial charge in [0.25, 0.3) is 0 Å². The second kappa shape index (κ2) is 7.11. The summed E-state index contributed by atoms with van der Waals surface area (Å²) in [5.41, 5.74) is 0. The molecule has 0 saturated heterocycles. The molecule has 7 nitrogen and oxygen atoms in total. The molecule has 0 saturated carbocycles. The van der Waals surface area contributed by atoms with Gasteiger partial charge in [-0.05, 0) is 0 Å². The van der Waals surface area contributed by atoms with E-state index in [0.717, 1.165) is 0 Å². The van der Waals surface area contributed by atoms with Gasteiger partial charge in [0.15, 0.2) is 0 Å². The van der Waals surface area contributed by atoms with Gasteiger partial charge in [0.1, 0.15) is 0 Å². The summed E-state index contributed by atoms with van der Waals surface area (Å²) in [5.74, 6) is 0. The molecule has 9 heavy (non-hydrogen) atoms. The molecule has 7 heteroatoms. The minimum atomic E-state index is -2.22. The molecule has 0 bridgehead atoms. The van der Waals surface area contributed by atoms with E-state index in [4.69, 9.17) is 15.3 Å². The molecule has 0 aliphatic rings. The Labute approximate surface area is 51.0 Å². The third-order valence-electron chi connectivity index (χ3n) is 0.206. The van der Waals surface area contributed by atoms with Crippen LogP contribution in [-0.4, -0.2) is 28.0 Å². The van der Waals surface area contributed by atoms with Gasteiger partial charge < -0.3 is 32.4 Å². The van der Waals surface area contributed by atoms with E-state index in [1.165, 1.54) is 0 Å². The molecule has 0 unspecified atom stereocenters. The first-order valence-corrected chi connectivity index (χ1v) is 1.38. The highest BCUT2D eigenvalue weighted by molar-refractivity contribution is 5.56. The Balaban J connectivity index is -0.000000180. The van der Waals surface area contributed by atoms with E-state index in [1.54, 1.807) is 0 Å². The second-order valence-corrected chi connectivity index (χ2v) is 0.710. The zero-order valence-corrected chi connectivity index (χ0v) is 4.65. The van der Waals surface area contributed by atoms with Gasteiger partial charge in [-0.15, -0.1) is 0 Å². The molecule has 0 rings (SSSR count). The number of carbonyl (C=O) groups is 1. The lowest BCUT2D eigenvalue weighted by Crippen LogP contribution is -2.13. The first-order chi connectivity index (χ1) is 3.13. The average Bonchev–Trinajstić information content (AvgIpc) is 1.27. The monoisotopic (exact) mass is 142 g/mol. The van der Waals surface area contributed by atoms with Gasteiger partial charge in [0.2, 0.25) is 0 Å². The van der Waals surface area contributed by atoms with Crippen molar-refractivity contribution >= 4 is 6.16 Å². The Morgan fingerprint density at radius 2 is 1.67 bits per heavy atom. The van der Waals surface area contributed by atoms with Crippen molar-refractivity contribution in [1.29, 1.82) is 0 Å². The molecule has 0 radical (unpaired) electrons. The third kappa shape index (κ3) is 19.2. The van der Waals surface area contributed by atoms with E-state index >= 15 is 0 Å². The van der Waals surface area contributed by atoms with E-state index in [9.17, 15) is 4.79 Å². The van der Waals surface area contributed by atoms with Crippen molar-refractivity contribution in [1.82, 2.24) is 12.3 Å². The number of aliphatic hydroxyl groups is 2. The summed E-state index contributed by atoms with van der Waals surface area (Å²) in [7, 11) is 0. The molecule has 0 amide bonds. The Morgan fingerprint density at radius 3 is 1.67 bits per heavy atom. The van der Waals surface area contributed by atoms with Gasteiger partial charge in [-0.25, -0.2) is 4.79 Å². The molecule has 0 aromatic heterocycles. The number of hydrogen-bond donors (Lipinski definition) is 5. The van der Waals surface area contributed by atoms with Crippen molar-refractivity contribution < 1.29 is 24.9 Å². The lowest BCUT2D eigenvalue weighted by molar-refractivity contribution is -0.206. The third-order valence-corrected chi connectivity index (χ3v) is 0.206. The summed E-state index contributed by atoms with van der Waals surface area (Å²) >= 11 is 0. The standard InChI is InChI=1S/C2H4O5.2H3N/c3-1(4)7-2(5)6;;/h1,3-4H,(H,5,6);2*1H3. The molecule has 9 N–H and O–H groups in total. The summed E-state index contributed by atoms with van der Waals surface area (Å²) < 4.78 is 3.28. The molecule has 0 aromatic carbocycles. The number of hydrogen-bond acceptors (Lipinski definition) is 6. The fraction of sp³-hybridized carbons (Fsp3) is 0.500. The van der Waals surface area contributed by atoms with Crippen LogP contribution in [0.3, 0.4) is 0 Å². The van der Waals surface area contributed by atoms with Crippen LogP contribution >= 0.6 is 0 Å². The normalized spacial score (nSPS) is 7.00. The van der Waals surface area contributed by atoms with Crippen molar-refractivity contribution in [3.8, 4) is 0 Å². The van der Waals surface area contributed by atoms with Crippen LogP contribution in [0.5, 0.6) is 0 Å². The van der Waals surface area contributed by atoms with E-state index in [2.05, 4.69) is 4.74 Å². The number of aliphatic hydroxyl groups excluding tert-OH is 1. The smallest absolute Gasteiger partial charge is 0.450 e. The summed E-state index contributed by atoms with van der Waals surface area (Å²) in [5, 5.41) is 22.9. The molecule has 0 fully saturated rings. The maximum absolute atomic E-state index is 9.27. The van der Waals surface area contributed by atoms with Crippen molar-refractivity contribution in [2.45, 2.75) is 6.48 Å². The van der Waals surface area contributed by atoms with E-state index in [1.807, 2.05) is 0 Å². The predicted molar refractivity (Wildman–Crippen MR) is 27.4 cm³/mol. The van der Waals surface area contributed by atoms with Crippen LogP contribution in [0.4, 0.5) is 4.79 Å². The van der Waals surface area contributed by atoms with Crippen LogP contribution in [0.2, 0.25) is 0 Å². The topological polar surface area (TPSA) is 157 Å². The molecule has 0 aliphatic heterocycles. The maximum atomic E-state index is 9.27. The van der Waals surface area contributed by atoms with Gasteiger partial charge in [-0.2, -0.15) is 0 Å². The quantitative estimate of drug-likeness (QED) is 0.238. The van der Waals surface area contributed by atoms with Crippen LogP contribution in [0.1, 0.15) is 0 Å². The molecular weight excluding hydrogens is 132 g/mol. The largest absolute Gasteiger partial charge is 0.509 e. The van der Waals surface area contributed by atoms with Gasteiger partial charge in [-0.3, -0.25) is 0 Å². The lowest BCUT2D eigenvalue weighted by Gasteiger charge is -1.97. The number of rotatable bonds is 1. The first kappa shape index (κ1) is 15.7. The van der Waals surface area contributed by atoms with Gasteiger partial charge >= 0.3 is 12.6 Å². The Hall–Kier alpha value is -0.890. The van der Waals surface area contributed by atoms with Crippen molar-refractivity contribution in [3.63, 3.8) is 0 Å². The minimum Gasteiger partial charge on any atom is -0.450 e. The van der Waals surface area contributed by atoms with Crippen LogP contribution in [0.25, 0.3) is 0 Å². The summed E-state index contributed by atoms with van der Waals surface area (Å²) in [6.45, 7) is -2.22. The number of carboxylic acid groups (broad SMARTS) is 1. The van der Waals surface area contributed by atoms with Crippen LogP contribution in [-0.2, 0) is 4.74 Å². The van der Waals surface area contributed by atoms with Crippen molar-refractivity contribution in [2.24, 2.45) is 0 Å². The van der Waals surface area contributed by atoms with E-state index < -0.39 is 12.6 Å². The summed E-state index contributed by atoms with van der Waals surface area (Å²) in [6, 6.07) is 0. The molecule has 0 heterocycles. The fourth-order valence-electron chi connectivity index (χ4n) is 0.0902. The first-order valence-electron chi connectivity index (χ1n) is 1.38. The van der Waals surface area contributed by atoms with Gasteiger partial charge in [0.05, 0.1) is 0 Å². The van der Waals surface area contributed by atoms with Crippen LogP contribution < -0.4 is 12.3 Å². The van der Waals surface area contributed by atoms with E-state index in [-0.39, 0.29) is 12.3 Å². The van der Waals surface area contributed by atoms with Crippen molar-refractivity contribution in [2.75, 3.05) is 0 Å². The highest BCUT2D eigenvalue weighted by atomic mass is 16.8. The fourth-order valence-corrected chi connectivity index (χ4v) is 0.0902.